The molecule has 0 saturated heterocycles. The lowest BCUT2D eigenvalue weighted by atomic mass is 10.2. The number of benzene rings is 2. The van der Waals surface area contributed by atoms with Gasteiger partial charge in [-0.15, -0.1) is 0 Å². The standard InChI is InChI=1S/C16H16N2/c1-18-10-9-14-11-15(7-8-16(14)18)17-12-13-5-3-2-4-6-13/h2-11,17H,12H2,1H3. The molecule has 0 fully saturated rings. The van der Waals surface area contributed by atoms with Crippen molar-refractivity contribution in [3.63, 3.8) is 0 Å². The van der Waals surface area contributed by atoms with E-state index in [1.807, 2.05) is 6.07 Å². The van der Waals surface area contributed by atoms with Gasteiger partial charge in [-0.05, 0) is 29.8 Å². The zero-order valence-corrected chi connectivity index (χ0v) is 10.4. The third-order valence-electron chi connectivity index (χ3n) is 3.22. The first-order chi connectivity index (χ1) is 8.83. The van der Waals surface area contributed by atoms with Gasteiger partial charge in [-0.3, -0.25) is 0 Å². The van der Waals surface area contributed by atoms with Crippen LogP contribution in [0.4, 0.5) is 5.69 Å². The second-order valence-corrected chi connectivity index (χ2v) is 4.54. The summed E-state index contributed by atoms with van der Waals surface area (Å²) in [6.07, 6.45) is 2.09. The van der Waals surface area contributed by atoms with Crippen molar-refractivity contribution in [3.8, 4) is 0 Å². The molecule has 0 atom stereocenters. The van der Waals surface area contributed by atoms with E-state index in [2.05, 4.69) is 71.7 Å². The number of nitrogens with zero attached hydrogens (tertiary/aromatic N) is 1. The molecule has 0 radical (unpaired) electrons. The number of anilines is 1. The molecule has 1 N–H and O–H groups in total. The summed E-state index contributed by atoms with van der Waals surface area (Å²) >= 11 is 0. The maximum Gasteiger partial charge on any atom is 0.0479 e. The van der Waals surface area contributed by atoms with Crippen molar-refractivity contribution in [3.05, 3.63) is 66.4 Å². The average molecular weight is 236 g/mol. The quantitative estimate of drug-likeness (QED) is 0.732. The first-order valence-corrected chi connectivity index (χ1v) is 6.16. The van der Waals surface area contributed by atoms with Gasteiger partial charge in [0.15, 0.2) is 0 Å². The first kappa shape index (κ1) is 10.9. The second-order valence-electron chi connectivity index (χ2n) is 4.54. The normalized spacial score (nSPS) is 10.7. The minimum atomic E-state index is 0.860. The summed E-state index contributed by atoms with van der Waals surface area (Å²) < 4.78 is 2.14. The van der Waals surface area contributed by atoms with Crippen molar-refractivity contribution in [1.29, 1.82) is 0 Å². The highest BCUT2D eigenvalue weighted by atomic mass is 14.9. The number of rotatable bonds is 3. The Kier molecular flexibility index (Phi) is 2.77. The van der Waals surface area contributed by atoms with Crippen LogP contribution in [0.2, 0.25) is 0 Å². The Morgan fingerprint density at radius 1 is 1.00 bits per heavy atom. The van der Waals surface area contributed by atoms with E-state index < -0.39 is 0 Å². The maximum atomic E-state index is 3.45. The minimum Gasteiger partial charge on any atom is -0.381 e. The van der Waals surface area contributed by atoms with E-state index in [1.165, 1.54) is 16.5 Å². The summed E-state index contributed by atoms with van der Waals surface area (Å²) in [5, 5.41) is 4.73. The van der Waals surface area contributed by atoms with Crippen molar-refractivity contribution >= 4 is 16.6 Å². The number of aryl methyl sites for hydroxylation is 1. The zero-order chi connectivity index (χ0) is 12.4. The summed E-state index contributed by atoms with van der Waals surface area (Å²) in [6.45, 7) is 0.860. The molecule has 0 saturated carbocycles. The van der Waals surface area contributed by atoms with E-state index in [9.17, 15) is 0 Å². The molecule has 18 heavy (non-hydrogen) atoms. The van der Waals surface area contributed by atoms with E-state index in [1.54, 1.807) is 0 Å². The topological polar surface area (TPSA) is 17.0 Å². The number of fused-ring (bicyclic) bond motifs is 1. The summed E-state index contributed by atoms with van der Waals surface area (Å²) in [5.41, 5.74) is 3.73. The smallest absolute Gasteiger partial charge is 0.0479 e. The summed E-state index contributed by atoms with van der Waals surface area (Å²) in [6, 6.07) is 19.1. The highest BCUT2D eigenvalue weighted by Crippen LogP contribution is 2.20. The number of aromatic nitrogens is 1. The molecule has 3 rings (SSSR count). The van der Waals surface area contributed by atoms with Crippen LogP contribution in [-0.2, 0) is 13.6 Å². The molecule has 2 heteroatoms. The largest absolute Gasteiger partial charge is 0.381 e. The van der Waals surface area contributed by atoms with Crippen LogP contribution in [0, 0.1) is 0 Å². The molecule has 90 valence electrons. The van der Waals surface area contributed by atoms with Gasteiger partial charge in [-0.2, -0.15) is 0 Å². The fraction of sp³-hybridized carbons (Fsp3) is 0.125. The van der Waals surface area contributed by atoms with Gasteiger partial charge in [0.2, 0.25) is 0 Å². The van der Waals surface area contributed by atoms with Crippen LogP contribution < -0.4 is 5.32 Å². The lowest BCUT2D eigenvalue weighted by Crippen LogP contribution is -1.98. The number of nitrogens with one attached hydrogen (secondary N) is 1. The third-order valence-corrected chi connectivity index (χ3v) is 3.22. The molecule has 1 aromatic heterocycles. The predicted octanol–water partition coefficient (Wildman–Crippen LogP) is 3.79. The Morgan fingerprint density at radius 3 is 2.67 bits per heavy atom. The Balaban J connectivity index is 1.79. The molecule has 0 aliphatic heterocycles. The van der Waals surface area contributed by atoms with Gasteiger partial charge < -0.3 is 9.88 Å². The monoisotopic (exact) mass is 236 g/mol. The Bertz CT molecular complexity index is 653. The third kappa shape index (κ3) is 2.09. The zero-order valence-electron chi connectivity index (χ0n) is 10.4. The molecule has 0 spiro atoms. The van der Waals surface area contributed by atoms with E-state index in [0.29, 0.717) is 0 Å². The molecule has 2 aromatic carbocycles. The van der Waals surface area contributed by atoms with Crippen LogP contribution in [0.25, 0.3) is 10.9 Å². The predicted molar refractivity (Wildman–Crippen MR) is 76.7 cm³/mol. The molecular weight excluding hydrogens is 220 g/mol. The molecule has 0 aliphatic carbocycles. The van der Waals surface area contributed by atoms with Crippen LogP contribution >= 0.6 is 0 Å². The fourth-order valence-electron chi connectivity index (χ4n) is 2.19. The Labute approximate surface area is 107 Å². The van der Waals surface area contributed by atoms with Crippen molar-refractivity contribution in [2.24, 2.45) is 7.05 Å². The SMILES string of the molecule is Cn1ccc2cc(NCc3ccccc3)ccc21. The van der Waals surface area contributed by atoms with Crippen LogP contribution in [0.15, 0.2) is 60.8 Å². The molecule has 0 unspecified atom stereocenters. The minimum absolute atomic E-state index is 0.860. The van der Waals surface area contributed by atoms with Crippen LogP contribution in [0.3, 0.4) is 0 Å². The first-order valence-electron chi connectivity index (χ1n) is 6.16. The van der Waals surface area contributed by atoms with Gasteiger partial charge in [0.05, 0.1) is 0 Å². The van der Waals surface area contributed by atoms with Gasteiger partial charge in [0, 0.05) is 36.4 Å². The van der Waals surface area contributed by atoms with Gasteiger partial charge in [0.1, 0.15) is 0 Å². The van der Waals surface area contributed by atoms with Crippen LogP contribution in [-0.4, -0.2) is 4.57 Å². The van der Waals surface area contributed by atoms with E-state index >= 15 is 0 Å². The van der Waals surface area contributed by atoms with E-state index in [-0.39, 0.29) is 0 Å². The van der Waals surface area contributed by atoms with E-state index in [4.69, 9.17) is 0 Å². The number of hydrogen-bond acceptors (Lipinski definition) is 1. The molecule has 0 bridgehead atoms. The molecule has 3 aromatic rings. The van der Waals surface area contributed by atoms with Gasteiger partial charge in [-0.25, -0.2) is 0 Å². The molecule has 2 nitrogen and oxygen atoms in total. The summed E-state index contributed by atoms with van der Waals surface area (Å²) in [7, 11) is 2.07. The molecule has 0 aliphatic rings. The molecule has 1 heterocycles. The maximum absolute atomic E-state index is 3.45. The lowest BCUT2D eigenvalue weighted by molar-refractivity contribution is 0.969. The average Bonchev–Trinajstić information content (AvgIpc) is 2.79. The van der Waals surface area contributed by atoms with Gasteiger partial charge >= 0.3 is 0 Å². The highest BCUT2D eigenvalue weighted by Gasteiger charge is 1.99. The summed E-state index contributed by atoms with van der Waals surface area (Å²) in [5.74, 6) is 0. The van der Waals surface area contributed by atoms with Crippen molar-refractivity contribution in [2.75, 3.05) is 5.32 Å². The van der Waals surface area contributed by atoms with Gasteiger partial charge in [-0.1, -0.05) is 30.3 Å². The molecule has 0 amide bonds. The van der Waals surface area contributed by atoms with Crippen molar-refractivity contribution < 1.29 is 0 Å². The Morgan fingerprint density at radius 2 is 1.83 bits per heavy atom. The van der Waals surface area contributed by atoms with Crippen LogP contribution in [0.5, 0.6) is 0 Å². The second kappa shape index (κ2) is 4.57. The Hall–Kier alpha value is -2.22. The summed E-state index contributed by atoms with van der Waals surface area (Å²) in [4.78, 5) is 0. The van der Waals surface area contributed by atoms with Crippen LogP contribution in [0.1, 0.15) is 5.56 Å². The van der Waals surface area contributed by atoms with Crippen molar-refractivity contribution in [1.82, 2.24) is 4.57 Å². The lowest BCUT2D eigenvalue weighted by Gasteiger charge is -2.07. The molecular formula is C16H16N2. The highest BCUT2D eigenvalue weighted by molar-refractivity contribution is 5.83. The number of hydrogen-bond donors (Lipinski definition) is 1. The van der Waals surface area contributed by atoms with E-state index in [0.717, 1.165) is 12.2 Å². The fourth-order valence-corrected chi connectivity index (χ4v) is 2.19. The van der Waals surface area contributed by atoms with Gasteiger partial charge in [0.25, 0.3) is 0 Å². The van der Waals surface area contributed by atoms with Crippen molar-refractivity contribution in [2.45, 2.75) is 6.54 Å².